The number of nitrogens with zero attached hydrogens (tertiary/aromatic N) is 2. The Morgan fingerprint density at radius 3 is 1.52 bits per heavy atom. The quantitative estimate of drug-likeness (QED) is 0.576. The first-order chi connectivity index (χ1) is 11.2. The highest BCUT2D eigenvalue weighted by molar-refractivity contribution is 4.93. The SMILES string of the molecule is C=C(CCCN1CCOCC1)OC(=C)CCCN1CCOCC1. The maximum Gasteiger partial charge on any atom is 0.0964 e. The van der Waals surface area contributed by atoms with Crippen molar-refractivity contribution in [1.29, 1.82) is 0 Å². The molecule has 2 saturated heterocycles. The molecule has 0 aromatic rings. The number of hydrogen-bond acceptors (Lipinski definition) is 5. The summed E-state index contributed by atoms with van der Waals surface area (Å²) >= 11 is 0. The number of hydrogen-bond donors (Lipinski definition) is 0. The molecule has 0 aliphatic carbocycles. The summed E-state index contributed by atoms with van der Waals surface area (Å²) < 4.78 is 16.5. The second-order valence-corrected chi connectivity index (χ2v) is 6.29. The minimum atomic E-state index is 0.842. The molecule has 2 fully saturated rings. The largest absolute Gasteiger partial charge is 0.467 e. The van der Waals surface area contributed by atoms with Crippen molar-refractivity contribution >= 4 is 0 Å². The van der Waals surface area contributed by atoms with Gasteiger partial charge in [-0.1, -0.05) is 13.2 Å². The van der Waals surface area contributed by atoms with Gasteiger partial charge in [0.05, 0.1) is 37.9 Å². The molecule has 5 heteroatoms. The predicted octanol–water partition coefficient (Wildman–Crippen LogP) is 2.26. The molecule has 0 saturated carbocycles. The van der Waals surface area contributed by atoms with Gasteiger partial charge in [-0.15, -0.1) is 0 Å². The molecule has 2 heterocycles. The summed E-state index contributed by atoms with van der Waals surface area (Å²) in [7, 11) is 0. The van der Waals surface area contributed by atoms with Crippen molar-refractivity contribution in [2.75, 3.05) is 65.7 Å². The molecule has 5 nitrogen and oxygen atoms in total. The molecule has 0 bridgehead atoms. The molecule has 2 aliphatic heterocycles. The lowest BCUT2D eigenvalue weighted by atomic mass is 10.2. The van der Waals surface area contributed by atoms with Gasteiger partial charge >= 0.3 is 0 Å². The van der Waals surface area contributed by atoms with Gasteiger partial charge < -0.3 is 14.2 Å². The summed E-state index contributed by atoms with van der Waals surface area (Å²) in [6.45, 7) is 17.8. The molecule has 0 aromatic carbocycles. The van der Waals surface area contributed by atoms with Gasteiger partial charge in [0.2, 0.25) is 0 Å². The Morgan fingerprint density at radius 1 is 0.739 bits per heavy atom. The van der Waals surface area contributed by atoms with Crippen LogP contribution in [0.25, 0.3) is 0 Å². The van der Waals surface area contributed by atoms with Gasteiger partial charge in [0, 0.05) is 39.0 Å². The first kappa shape index (κ1) is 18.5. The fourth-order valence-electron chi connectivity index (χ4n) is 2.96. The summed E-state index contributed by atoms with van der Waals surface area (Å²) in [6, 6.07) is 0. The van der Waals surface area contributed by atoms with Crippen molar-refractivity contribution in [1.82, 2.24) is 9.80 Å². The monoisotopic (exact) mass is 324 g/mol. The van der Waals surface area contributed by atoms with Gasteiger partial charge in [0.1, 0.15) is 0 Å². The van der Waals surface area contributed by atoms with Crippen LogP contribution in [-0.4, -0.2) is 75.5 Å². The van der Waals surface area contributed by atoms with Gasteiger partial charge in [0.15, 0.2) is 0 Å². The molecular formula is C18H32N2O3. The first-order valence-corrected chi connectivity index (χ1v) is 8.87. The van der Waals surface area contributed by atoms with E-state index in [1.807, 2.05) is 0 Å². The molecule has 0 unspecified atom stereocenters. The predicted molar refractivity (Wildman–Crippen MR) is 92.4 cm³/mol. The molecule has 2 rings (SSSR count). The highest BCUT2D eigenvalue weighted by Crippen LogP contribution is 2.14. The molecule has 2 aliphatic rings. The Kier molecular flexibility index (Phi) is 8.68. The molecule has 132 valence electrons. The van der Waals surface area contributed by atoms with Crippen LogP contribution in [0.1, 0.15) is 25.7 Å². The lowest BCUT2D eigenvalue weighted by molar-refractivity contribution is 0.0367. The number of allylic oxidation sites excluding steroid dienone is 2. The van der Waals surface area contributed by atoms with Crippen LogP contribution in [0.2, 0.25) is 0 Å². The van der Waals surface area contributed by atoms with Crippen LogP contribution in [0.15, 0.2) is 24.7 Å². The Labute approximate surface area is 140 Å². The fraction of sp³-hybridized carbons (Fsp3) is 0.778. The van der Waals surface area contributed by atoms with E-state index in [9.17, 15) is 0 Å². The second kappa shape index (κ2) is 10.8. The number of rotatable bonds is 10. The zero-order chi connectivity index (χ0) is 16.3. The lowest BCUT2D eigenvalue weighted by Gasteiger charge is -2.27. The Balaban J connectivity index is 1.47. The van der Waals surface area contributed by atoms with Crippen LogP contribution in [0.5, 0.6) is 0 Å². The molecule has 0 atom stereocenters. The van der Waals surface area contributed by atoms with E-state index in [1.54, 1.807) is 0 Å². The van der Waals surface area contributed by atoms with E-state index in [0.29, 0.717) is 0 Å². The second-order valence-electron chi connectivity index (χ2n) is 6.29. The van der Waals surface area contributed by atoms with E-state index in [1.165, 1.54) is 0 Å². The molecule has 23 heavy (non-hydrogen) atoms. The summed E-state index contributed by atoms with van der Waals surface area (Å²) in [6.07, 6.45) is 3.97. The molecule has 0 N–H and O–H groups in total. The molecule has 0 amide bonds. The first-order valence-electron chi connectivity index (χ1n) is 8.87. The summed E-state index contributed by atoms with van der Waals surface area (Å²) in [4.78, 5) is 4.88. The van der Waals surface area contributed by atoms with E-state index in [-0.39, 0.29) is 0 Å². The van der Waals surface area contributed by atoms with Crippen LogP contribution in [0.4, 0.5) is 0 Å². The fourth-order valence-corrected chi connectivity index (χ4v) is 2.96. The van der Waals surface area contributed by atoms with Crippen molar-refractivity contribution in [3.8, 4) is 0 Å². The third-order valence-electron chi connectivity index (χ3n) is 4.36. The molecule has 0 aromatic heterocycles. The Morgan fingerprint density at radius 2 is 1.13 bits per heavy atom. The maximum absolute atomic E-state index is 5.75. The van der Waals surface area contributed by atoms with Gasteiger partial charge in [-0.3, -0.25) is 9.80 Å². The van der Waals surface area contributed by atoms with Gasteiger partial charge in [0.25, 0.3) is 0 Å². The van der Waals surface area contributed by atoms with E-state index in [0.717, 1.165) is 103 Å². The summed E-state index contributed by atoms with van der Waals surface area (Å²) in [5.74, 6) is 1.68. The molecular weight excluding hydrogens is 292 g/mol. The standard InChI is InChI=1S/C18H32N2O3/c1-17(5-3-7-19-9-13-21-14-10-19)23-18(2)6-4-8-20-11-15-22-16-12-20/h1-16H2. The lowest BCUT2D eigenvalue weighted by Crippen LogP contribution is -2.36. The van der Waals surface area contributed by atoms with Gasteiger partial charge in [-0.2, -0.15) is 0 Å². The molecule has 0 spiro atoms. The van der Waals surface area contributed by atoms with Crippen molar-refractivity contribution < 1.29 is 14.2 Å². The highest BCUT2D eigenvalue weighted by Gasteiger charge is 2.11. The van der Waals surface area contributed by atoms with E-state index < -0.39 is 0 Å². The summed E-state index contributed by atoms with van der Waals surface area (Å²) in [5, 5.41) is 0. The van der Waals surface area contributed by atoms with Crippen LogP contribution in [-0.2, 0) is 14.2 Å². The van der Waals surface area contributed by atoms with Crippen LogP contribution in [0, 0.1) is 0 Å². The molecule has 0 radical (unpaired) electrons. The zero-order valence-corrected chi connectivity index (χ0v) is 14.4. The van der Waals surface area contributed by atoms with Crippen LogP contribution >= 0.6 is 0 Å². The van der Waals surface area contributed by atoms with E-state index in [2.05, 4.69) is 23.0 Å². The van der Waals surface area contributed by atoms with E-state index >= 15 is 0 Å². The van der Waals surface area contributed by atoms with Crippen molar-refractivity contribution in [2.45, 2.75) is 25.7 Å². The average Bonchev–Trinajstić information content (AvgIpc) is 2.57. The van der Waals surface area contributed by atoms with Gasteiger partial charge in [-0.25, -0.2) is 0 Å². The van der Waals surface area contributed by atoms with Crippen LogP contribution in [0.3, 0.4) is 0 Å². The highest BCUT2D eigenvalue weighted by atomic mass is 16.5. The normalized spacial score (nSPS) is 20.3. The minimum absolute atomic E-state index is 0.842. The third-order valence-corrected chi connectivity index (χ3v) is 4.36. The topological polar surface area (TPSA) is 34.2 Å². The van der Waals surface area contributed by atoms with Crippen molar-refractivity contribution in [3.63, 3.8) is 0 Å². The Bertz CT molecular complexity index is 327. The van der Waals surface area contributed by atoms with Crippen molar-refractivity contribution in [2.24, 2.45) is 0 Å². The van der Waals surface area contributed by atoms with Gasteiger partial charge in [-0.05, 0) is 25.9 Å². The maximum atomic E-state index is 5.75. The zero-order valence-electron chi connectivity index (χ0n) is 14.4. The van der Waals surface area contributed by atoms with Crippen molar-refractivity contribution in [3.05, 3.63) is 24.7 Å². The van der Waals surface area contributed by atoms with Crippen LogP contribution < -0.4 is 0 Å². The van der Waals surface area contributed by atoms with E-state index in [4.69, 9.17) is 14.2 Å². The Hall–Kier alpha value is -0.880. The minimum Gasteiger partial charge on any atom is -0.467 e. The third kappa shape index (κ3) is 7.97. The summed E-state index contributed by atoms with van der Waals surface area (Å²) in [5.41, 5.74) is 0. The smallest absolute Gasteiger partial charge is 0.0964 e. The average molecular weight is 324 g/mol. The number of ether oxygens (including phenoxy) is 3. The number of morpholine rings is 2.